The van der Waals surface area contributed by atoms with Crippen LogP contribution >= 0.6 is 0 Å². The second-order valence-electron chi connectivity index (χ2n) is 6.81. The highest BCUT2D eigenvalue weighted by Crippen LogP contribution is 2.30. The fourth-order valence-corrected chi connectivity index (χ4v) is 2.50. The van der Waals surface area contributed by atoms with Crippen molar-refractivity contribution >= 4 is 5.97 Å². The number of allylic oxidation sites excluding steroid dienone is 4. The van der Waals surface area contributed by atoms with E-state index in [9.17, 15) is 9.90 Å². The maximum Gasteiger partial charge on any atom is 0.333 e. The van der Waals surface area contributed by atoms with E-state index in [0.29, 0.717) is 24.0 Å². The standard InChI is InChI=1S/C21H26O4/c1-14(2)19(22)24-18-8-6-16(7-9-18)17-10-12-21(5,13-11-17)25-20(23)15(3)4/h6-8,10-12,18-19,22H,1,3,9,13H2,2,4-5H3. The van der Waals surface area contributed by atoms with Crippen LogP contribution in [0.25, 0.3) is 0 Å². The van der Waals surface area contributed by atoms with Gasteiger partial charge >= 0.3 is 5.97 Å². The van der Waals surface area contributed by atoms with Gasteiger partial charge in [-0.3, -0.25) is 0 Å². The summed E-state index contributed by atoms with van der Waals surface area (Å²) in [7, 11) is 0. The zero-order chi connectivity index (χ0) is 18.6. The molecule has 0 spiro atoms. The summed E-state index contributed by atoms with van der Waals surface area (Å²) in [6.45, 7) is 12.5. The SMILES string of the molecule is C=C(C)C(=O)OC1(C)C=CC(C2=CCC(OC(O)C(=C)C)C=C2)=CC1. The summed E-state index contributed by atoms with van der Waals surface area (Å²) in [6.07, 6.45) is 12.1. The molecule has 1 N–H and O–H groups in total. The van der Waals surface area contributed by atoms with Crippen LogP contribution in [0.5, 0.6) is 0 Å². The summed E-state index contributed by atoms with van der Waals surface area (Å²) in [5.41, 5.74) is 2.51. The zero-order valence-electron chi connectivity index (χ0n) is 15.1. The number of rotatable bonds is 6. The first-order chi connectivity index (χ1) is 11.7. The van der Waals surface area contributed by atoms with Gasteiger partial charge in [-0.2, -0.15) is 0 Å². The third-order valence-corrected chi connectivity index (χ3v) is 4.14. The van der Waals surface area contributed by atoms with Gasteiger partial charge in [0.1, 0.15) is 5.60 Å². The van der Waals surface area contributed by atoms with Crippen LogP contribution in [0.3, 0.4) is 0 Å². The third-order valence-electron chi connectivity index (χ3n) is 4.14. The molecular formula is C21H26O4. The third kappa shape index (κ3) is 5.15. The average Bonchev–Trinajstić information content (AvgIpc) is 2.56. The number of aliphatic hydroxyl groups is 1. The minimum Gasteiger partial charge on any atom is -0.451 e. The molecule has 0 radical (unpaired) electrons. The van der Waals surface area contributed by atoms with E-state index in [1.807, 2.05) is 31.2 Å². The summed E-state index contributed by atoms with van der Waals surface area (Å²) in [4.78, 5) is 11.7. The van der Waals surface area contributed by atoms with Gasteiger partial charge in [0, 0.05) is 12.0 Å². The second-order valence-corrected chi connectivity index (χ2v) is 6.81. The van der Waals surface area contributed by atoms with E-state index in [0.717, 1.165) is 11.1 Å². The molecule has 2 aliphatic rings. The number of hydrogen-bond acceptors (Lipinski definition) is 4. The van der Waals surface area contributed by atoms with Crippen molar-refractivity contribution in [2.45, 2.75) is 51.6 Å². The second kappa shape index (κ2) is 7.81. The van der Waals surface area contributed by atoms with Crippen LogP contribution in [0.15, 0.2) is 71.9 Å². The van der Waals surface area contributed by atoms with E-state index in [1.165, 1.54) is 0 Å². The average molecular weight is 342 g/mol. The molecule has 0 bridgehead atoms. The van der Waals surface area contributed by atoms with E-state index < -0.39 is 11.9 Å². The number of ether oxygens (including phenoxy) is 2. The lowest BCUT2D eigenvalue weighted by molar-refractivity contribution is -0.148. The molecule has 0 aromatic heterocycles. The van der Waals surface area contributed by atoms with Crippen LogP contribution in [0.1, 0.15) is 33.6 Å². The number of carbonyl (C=O) groups is 1. The molecule has 2 rings (SSSR count). The van der Waals surface area contributed by atoms with Gasteiger partial charge in [0.25, 0.3) is 0 Å². The molecule has 0 saturated carbocycles. The van der Waals surface area contributed by atoms with Crippen LogP contribution in [-0.4, -0.2) is 29.1 Å². The van der Waals surface area contributed by atoms with Gasteiger partial charge in [-0.1, -0.05) is 43.5 Å². The molecular weight excluding hydrogens is 316 g/mol. The molecule has 25 heavy (non-hydrogen) atoms. The van der Waals surface area contributed by atoms with Gasteiger partial charge in [-0.05, 0) is 50.0 Å². The first-order valence-electron chi connectivity index (χ1n) is 8.36. The Morgan fingerprint density at radius 1 is 1.28 bits per heavy atom. The summed E-state index contributed by atoms with van der Waals surface area (Å²) in [5, 5.41) is 9.72. The maximum atomic E-state index is 11.7. The summed E-state index contributed by atoms with van der Waals surface area (Å²) >= 11 is 0. The molecule has 0 aromatic rings. The fraction of sp³-hybridized carbons (Fsp3) is 0.381. The predicted octanol–water partition coefficient (Wildman–Crippen LogP) is 3.92. The van der Waals surface area contributed by atoms with Crippen molar-refractivity contribution in [3.8, 4) is 0 Å². The van der Waals surface area contributed by atoms with Crippen molar-refractivity contribution in [2.24, 2.45) is 0 Å². The molecule has 0 fully saturated rings. The Morgan fingerprint density at radius 3 is 2.44 bits per heavy atom. The predicted molar refractivity (Wildman–Crippen MR) is 98.7 cm³/mol. The van der Waals surface area contributed by atoms with Gasteiger partial charge in [0.2, 0.25) is 0 Å². The molecule has 4 nitrogen and oxygen atoms in total. The molecule has 3 unspecified atom stereocenters. The highest BCUT2D eigenvalue weighted by molar-refractivity contribution is 5.87. The first-order valence-corrected chi connectivity index (χ1v) is 8.36. The summed E-state index contributed by atoms with van der Waals surface area (Å²) < 4.78 is 11.0. The molecule has 0 heterocycles. The van der Waals surface area contributed by atoms with E-state index in [1.54, 1.807) is 13.8 Å². The van der Waals surface area contributed by atoms with E-state index in [2.05, 4.69) is 25.3 Å². The van der Waals surface area contributed by atoms with Crippen molar-refractivity contribution in [3.05, 3.63) is 71.9 Å². The van der Waals surface area contributed by atoms with E-state index in [4.69, 9.17) is 9.47 Å². The summed E-state index contributed by atoms with van der Waals surface area (Å²) in [5.74, 6) is -0.378. The van der Waals surface area contributed by atoms with E-state index in [-0.39, 0.29) is 12.1 Å². The minimum absolute atomic E-state index is 0.162. The van der Waals surface area contributed by atoms with Gasteiger partial charge in [0.15, 0.2) is 6.29 Å². The van der Waals surface area contributed by atoms with Crippen molar-refractivity contribution in [1.29, 1.82) is 0 Å². The van der Waals surface area contributed by atoms with Crippen LogP contribution in [0.4, 0.5) is 0 Å². The molecule has 3 atom stereocenters. The van der Waals surface area contributed by atoms with Gasteiger partial charge in [-0.15, -0.1) is 0 Å². The van der Waals surface area contributed by atoms with Crippen molar-refractivity contribution in [2.75, 3.05) is 0 Å². The Bertz CT molecular complexity index is 693. The Morgan fingerprint density at radius 2 is 1.96 bits per heavy atom. The Labute approximate surface area is 149 Å². The number of aliphatic hydroxyl groups excluding tert-OH is 1. The van der Waals surface area contributed by atoms with Crippen molar-refractivity contribution < 1.29 is 19.4 Å². The smallest absolute Gasteiger partial charge is 0.333 e. The lowest BCUT2D eigenvalue weighted by atomic mass is 9.88. The Hall–Kier alpha value is -2.17. The molecule has 0 aliphatic heterocycles. The number of carbonyl (C=O) groups excluding carboxylic acids is 1. The lowest BCUT2D eigenvalue weighted by Gasteiger charge is -2.29. The fourth-order valence-electron chi connectivity index (χ4n) is 2.50. The number of esters is 1. The molecule has 0 aromatic carbocycles. The topological polar surface area (TPSA) is 55.8 Å². The normalized spacial score (nSPS) is 26.5. The maximum absolute atomic E-state index is 11.7. The molecule has 2 aliphatic carbocycles. The van der Waals surface area contributed by atoms with Gasteiger partial charge in [-0.25, -0.2) is 4.79 Å². The molecule has 0 amide bonds. The molecule has 4 heteroatoms. The van der Waals surface area contributed by atoms with E-state index >= 15 is 0 Å². The van der Waals surface area contributed by atoms with Gasteiger partial charge in [0.05, 0.1) is 6.10 Å². The molecule has 134 valence electrons. The first kappa shape index (κ1) is 19.2. The van der Waals surface area contributed by atoms with Crippen molar-refractivity contribution in [1.82, 2.24) is 0 Å². The minimum atomic E-state index is -0.942. The van der Waals surface area contributed by atoms with Crippen LogP contribution < -0.4 is 0 Å². The Balaban J connectivity index is 1.95. The van der Waals surface area contributed by atoms with Crippen LogP contribution in [0, 0.1) is 0 Å². The Kier molecular flexibility index (Phi) is 5.98. The van der Waals surface area contributed by atoms with Crippen LogP contribution in [0.2, 0.25) is 0 Å². The summed E-state index contributed by atoms with van der Waals surface area (Å²) in [6, 6.07) is 0. The quantitative estimate of drug-likeness (QED) is 0.344. The molecule has 0 saturated heterocycles. The van der Waals surface area contributed by atoms with Crippen molar-refractivity contribution in [3.63, 3.8) is 0 Å². The highest BCUT2D eigenvalue weighted by Gasteiger charge is 2.28. The monoisotopic (exact) mass is 342 g/mol. The highest BCUT2D eigenvalue weighted by atomic mass is 16.6. The van der Waals surface area contributed by atoms with Gasteiger partial charge < -0.3 is 14.6 Å². The number of hydrogen-bond donors (Lipinski definition) is 1. The zero-order valence-corrected chi connectivity index (χ0v) is 15.1. The lowest BCUT2D eigenvalue weighted by Crippen LogP contribution is -2.30. The largest absolute Gasteiger partial charge is 0.451 e. The van der Waals surface area contributed by atoms with Crippen LogP contribution in [-0.2, 0) is 14.3 Å².